The molecule has 1 amide bonds. The lowest BCUT2D eigenvalue weighted by Gasteiger charge is -2.30. The molecule has 1 unspecified atom stereocenters. The van der Waals surface area contributed by atoms with Crippen LogP contribution in [0.1, 0.15) is 18.1 Å². The van der Waals surface area contributed by atoms with E-state index in [2.05, 4.69) is 5.32 Å². The van der Waals surface area contributed by atoms with E-state index in [1.807, 2.05) is 19.1 Å². The third-order valence-corrected chi connectivity index (χ3v) is 4.96. The summed E-state index contributed by atoms with van der Waals surface area (Å²) < 4.78 is 23.8. The summed E-state index contributed by atoms with van der Waals surface area (Å²) in [5.41, 5.74) is 3.01. The van der Waals surface area contributed by atoms with Crippen molar-refractivity contribution in [3.8, 4) is 11.5 Å². The van der Waals surface area contributed by atoms with Gasteiger partial charge in [0.2, 0.25) is 0 Å². The lowest BCUT2D eigenvalue weighted by molar-refractivity contribution is -0.929. The van der Waals surface area contributed by atoms with Gasteiger partial charge in [-0.05, 0) is 48.9 Å². The zero-order valence-corrected chi connectivity index (χ0v) is 15.3. The van der Waals surface area contributed by atoms with E-state index >= 15 is 0 Å². The molecule has 2 aromatic carbocycles. The van der Waals surface area contributed by atoms with Gasteiger partial charge in [-0.15, -0.1) is 0 Å². The van der Waals surface area contributed by atoms with Crippen molar-refractivity contribution in [3.05, 3.63) is 53.3 Å². The second kappa shape index (κ2) is 7.74. The molecule has 5 nitrogen and oxygen atoms in total. The Hall–Kier alpha value is -2.60. The maximum atomic E-state index is 13.0. The van der Waals surface area contributed by atoms with E-state index in [0.717, 1.165) is 25.3 Å². The van der Waals surface area contributed by atoms with Gasteiger partial charge in [-0.2, -0.15) is 0 Å². The lowest BCUT2D eigenvalue weighted by Crippen LogP contribution is -3.16. The van der Waals surface area contributed by atoms with Crippen molar-refractivity contribution in [2.75, 3.05) is 26.1 Å². The third-order valence-electron chi connectivity index (χ3n) is 4.96. The molecule has 0 saturated heterocycles. The number of hydrogen-bond acceptors (Lipinski definition) is 3. The first-order valence-corrected chi connectivity index (χ1v) is 8.66. The molecule has 6 heteroatoms. The van der Waals surface area contributed by atoms with Crippen molar-refractivity contribution in [1.82, 2.24) is 0 Å². The average Bonchev–Trinajstić information content (AvgIpc) is 2.67. The Labute approximate surface area is 152 Å². The van der Waals surface area contributed by atoms with Gasteiger partial charge in [-0.1, -0.05) is 0 Å². The minimum atomic E-state index is -0.321. The molecule has 0 fully saturated rings. The molecule has 0 radical (unpaired) electrons. The van der Waals surface area contributed by atoms with Gasteiger partial charge < -0.3 is 19.7 Å². The van der Waals surface area contributed by atoms with E-state index in [1.54, 1.807) is 26.4 Å². The smallest absolute Gasteiger partial charge is 0.282 e. The van der Waals surface area contributed by atoms with E-state index < -0.39 is 0 Å². The van der Waals surface area contributed by atoms with Gasteiger partial charge in [0.05, 0.1) is 20.8 Å². The van der Waals surface area contributed by atoms with Crippen LogP contribution in [0.15, 0.2) is 36.4 Å². The number of amides is 1. The zero-order valence-electron chi connectivity index (χ0n) is 15.3. The maximum absolute atomic E-state index is 13.0. The number of fused-ring (bicyclic) bond motifs is 1. The van der Waals surface area contributed by atoms with Crippen LogP contribution in [-0.2, 0) is 17.8 Å². The summed E-state index contributed by atoms with van der Waals surface area (Å²) in [6.45, 7) is 3.52. The van der Waals surface area contributed by atoms with Gasteiger partial charge in [-0.25, -0.2) is 4.39 Å². The second-order valence-electron chi connectivity index (χ2n) is 6.53. The first-order valence-electron chi connectivity index (χ1n) is 8.66. The largest absolute Gasteiger partial charge is 0.493 e. The summed E-state index contributed by atoms with van der Waals surface area (Å²) in [7, 11) is 3.25. The monoisotopic (exact) mass is 359 g/mol. The number of carbonyl (C=O) groups is 1. The van der Waals surface area contributed by atoms with Crippen molar-refractivity contribution in [2.45, 2.75) is 25.9 Å². The summed E-state index contributed by atoms with van der Waals surface area (Å²) in [6, 6.07) is 9.61. The molecule has 0 aromatic heterocycles. The van der Waals surface area contributed by atoms with Crippen LogP contribution in [0.4, 0.5) is 10.1 Å². The topological polar surface area (TPSA) is 52.0 Å². The summed E-state index contributed by atoms with van der Waals surface area (Å²) in [5.74, 6) is 1.04. The number of anilines is 1. The first-order chi connectivity index (χ1) is 12.5. The van der Waals surface area contributed by atoms with Crippen molar-refractivity contribution in [2.24, 2.45) is 0 Å². The Morgan fingerprint density at radius 2 is 1.73 bits per heavy atom. The molecule has 3 rings (SSSR count). The van der Waals surface area contributed by atoms with Crippen molar-refractivity contribution < 1.29 is 23.6 Å². The molecule has 0 spiro atoms. The first kappa shape index (κ1) is 18.2. The minimum Gasteiger partial charge on any atom is -0.493 e. The summed E-state index contributed by atoms with van der Waals surface area (Å²) in [4.78, 5) is 13.7. The van der Waals surface area contributed by atoms with Crippen molar-refractivity contribution in [1.29, 1.82) is 0 Å². The molecule has 138 valence electrons. The maximum Gasteiger partial charge on any atom is 0.282 e. The van der Waals surface area contributed by atoms with E-state index in [-0.39, 0.29) is 17.8 Å². The van der Waals surface area contributed by atoms with Crippen LogP contribution in [0, 0.1) is 5.82 Å². The van der Waals surface area contributed by atoms with Crippen LogP contribution in [0.5, 0.6) is 11.5 Å². The Kier molecular flexibility index (Phi) is 5.42. The average molecular weight is 359 g/mol. The molecule has 0 aliphatic carbocycles. The number of methoxy groups -OCH3 is 2. The number of quaternary nitrogens is 1. The molecule has 2 N–H and O–H groups in total. The molecule has 1 aliphatic heterocycles. The minimum absolute atomic E-state index is 0.0736. The highest BCUT2D eigenvalue weighted by atomic mass is 19.1. The standard InChI is InChI=1S/C20H23FN2O3/c1-13(20(24)22-17-6-4-16(21)5-7-17)23-9-8-14-10-18(25-2)19(26-3)11-15(14)12-23/h4-7,10-11,13H,8-9,12H2,1-3H3,(H,22,24)/p+1/t13-/m1/s1. The summed E-state index contributed by atoms with van der Waals surface area (Å²) in [5, 5.41) is 2.86. The fourth-order valence-corrected chi connectivity index (χ4v) is 3.33. The van der Waals surface area contributed by atoms with Crippen molar-refractivity contribution in [3.63, 3.8) is 0 Å². The molecule has 26 heavy (non-hydrogen) atoms. The van der Waals surface area contributed by atoms with E-state index in [4.69, 9.17) is 9.47 Å². The van der Waals surface area contributed by atoms with Crippen LogP contribution >= 0.6 is 0 Å². The van der Waals surface area contributed by atoms with Crippen LogP contribution < -0.4 is 19.7 Å². The highest BCUT2D eigenvalue weighted by Gasteiger charge is 2.30. The Bertz CT molecular complexity index is 792. The molecule has 1 heterocycles. The van der Waals surface area contributed by atoms with Crippen LogP contribution in [0.3, 0.4) is 0 Å². The van der Waals surface area contributed by atoms with Crippen LogP contribution in [0.25, 0.3) is 0 Å². The lowest BCUT2D eigenvalue weighted by atomic mass is 9.97. The van der Waals surface area contributed by atoms with Gasteiger partial charge in [0, 0.05) is 17.7 Å². The molecular formula is C20H24FN2O3+. The van der Waals surface area contributed by atoms with Gasteiger partial charge in [-0.3, -0.25) is 4.79 Å². The number of halogens is 1. The number of ether oxygens (including phenoxy) is 2. The van der Waals surface area contributed by atoms with Crippen LogP contribution in [-0.4, -0.2) is 32.7 Å². The van der Waals surface area contributed by atoms with Gasteiger partial charge in [0.25, 0.3) is 5.91 Å². The summed E-state index contributed by atoms with van der Waals surface area (Å²) >= 11 is 0. The molecule has 0 saturated carbocycles. The van der Waals surface area contributed by atoms with Gasteiger partial charge in [0.1, 0.15) is 12.4 Å². The number of carbonyl (C=O) groups excluding carboxylic acids is 1. The normalized spacial score (nSPS) is 17.2. The number of hydrogen-bond donors (Lipinski definition) is 2. The molecule has 2 atom stereocenters. The van der Waals surface area contributed by atoms with Gasteiger partial charge >= 0.3 is 0 Å². The number of benzene rings is 2. The molecule has 1 aliphatic rings. The highest BCUT2D eigenvalue weighted by molar-refractivity contribution is 5.93. The van der Waals surface area contributed by atoms with E-state index in [0.29, 0.717) is 11.4 Å². The Morgan fingerprint density at radius 1 is 1.12 bits per heavy atom. The second-order valence-corrected chi connectivity index (χ2v) is 6.53. The molecule has 2 aromatic rings. The SMILES string of the molecule is COc1cc2c(cc1OC)C[NH+]([C@H](C)C(=O)Nc1ccc(F)cc1)CC2. The van der Waals surface area contributed by atoms with E-state index in [9.17, 15) is 9.18 Å². The third kappa shape index (κ3) is 3.80. The highest BCUT2D eigenvalue weighted by Crippen LogP contribution is 2.31. The molecule has 0 bridgehead atoms. The quantitative estimate of drug-likeness (QED) is 0.856. The predicted molar refractivity (Wildman–Crippen MR) is 97.3 cm³/mol. The zero-order chi connectivity index (χ0) is 18.7. The molecular weight excluding hydrogens is 335 g/mol. The fraction of sp³-hybridized carbons (Fsp3) is 0.350. The van der Waals surface area contributed by atoms with Crippen molar-refractivity contribution >= 4 is 11.6 Å². The number of nitrogens with one attached hydrogen (secondary N) is 2. The fourth-order valence-electron chi connectivity index (χ4n) is 3.33. The Morgan fingerprint density at radius 3 is 2.35 bits per heavy atom. The predicted octanol–water partition coefficient (Wildman–Crippen LogP) is 1.81. The summed E-state index contributed by atoms with van der Waals surface area (Å²) in [6.07, 6.45) is 0.874. The Balaban J connectivity index is 1.71. The number of rotatable bonds is 5. The van der Waals surface area contributed by atoms with Crippen LogP contribution in [0.2, 0.25) is 0 Å². The van der Waals surface area contributed by atoms with Gasteiger partial charge in [0.15, 0.2) is 17.5 Å². The van der Waals surface area contributed by atoms with E-state index in [1.165, 1.54) is 28.2 Å².